The summed E-state index contributed by atoms with van der Waals surface area (Å²) in [5.41, 5.74) is 4.25. The van der Waals surface area contributed by atoms with Crippen molar-refractivity contribution in [3.63, 3.8) is 0 Å². The van der Waals surface area contributed by atoms with Crippen molar-refractivity contribution in [1.82, 2.24) is 10.2 Å². The Morgan fingerprint density at radius 3 is 2.68 bits per heavy atom. The van der Waals surface area contributed by atoms with Gasteiger partial charge in [-0.25, -0.2) is 0 Å². The Labute approximate surface area is 186 Å². The van der Waals surface area contributed by atoms with E-state index in [1.54, 1.807) is 7.11 Å². The van der Waals surface area contributed by atoms with Gasteiger partial charge in [-0.1, -0.05) is 24.3 Å². The predicted octanol–water partition coefficient (Wildman–Crippen LogP) is 3.85. The molecule has 2 aliphatic heterocycles. The average Bonchev–Trinajstić information content (AvgIpc) is 3.32. The monoisotopic (exact) mass is 421 g/mol. The summed E-state index contributed by atoms with van der Waals surface area (Å²) in [7, 11) is 1.73. The average molecular weight is 422 g/mol. The van der Waals surface area contributed by atoms with Gasteiger partial charge in [0.15, 0.2) is 11.5 Å². The highest BCUT2D eigenvalue weighted by molar-refractivity contribution is 5.57. The van der Waals surface area contributed by atoms with Gasteiger partial charge >= 0.3 is 0 Å². The van der Waals surface area contributed by atoms with Crippen LogP contribution in [0.15, 0.2) is 42.5 Å². The number of hydrogen-bond acceptors (Lipinski definition) is 5. The first kappa shape index (κ1) is 20.7. The Hall–Kier alpha value is -2.24. The van der Waals surface area contributed by atoms with Crippen LogP contribution in [0, 0.1) is 0 Å². The lowest BCUT2D eigenvalue weighted by Gasteiger charge is -2.39. The normalized spacial score (nSPS) is 22.4. The third-order valence-corrected chi connectivity index (χ3v) is 7.05. The summed E-state index contributed by atoms with van der Waals surface area (Å²) in [6, 6.07) is 15.8. The maximum Gasteiger partial charge on any atom is 0.163 e. The molecule has 2 aromatic rings. The van der Waals surface area contributed by atoms with Gasteiger partial charge in [0.2, 0.25) is 0 Å². The zero-order valence-corrected chi connectivity index (χ0v) is 18.7. The molecule has 2 aromatic carbocycles. The second kappa shape index (κ2) is 9.49. The van der Waals surface area contributed by atoms with Gasteiger partial charge in [0, 0.05) is 57.1 Å². The van der Waals surface area contributed by atoms with Crippen LogP contribution in [0.2, 0.25) is 0 Å². The van der Waals surface area contributed by atoms with Crippen molar-refractivity contribution in [2.24, 2.45) is 0 Å². The molecule has 5 nitrogen and oxygen atoms in total. The van der Waals surface area contributed by atoms with Crippen LogP contribution in [-0.2, 0) is 13.0 Å². The first-order chi connectivity index (χ1) is 15.3. The molecule has 0 unspecified atom stereocenters. The molecule has 3 aliphatic rings. The van der Waals surface area contributed by atoms with Gasteiger partial charge < -0.3 is 19.7 Å². The van der Waals surface area contributed by atoms with Crippen molar-refractivity contribution < 1.29 is 9.47 Å². The molecule has 0 radical (unpaired) electrons. The summed E-state index contributed by atoms with van der Waals surface area (Å²) >= 11 is 0. The molecule has 5 rings (SSSR count). The Balaban J connectivity index is 1.24. The third kappa shape index (κ3) is 4.83. The molecule has 31 heavy (non-hydrogen) atoms. The molecule has 166 valence electrons. The molecule has 0 bridgehead atoms. The van der Waals surface area contributed by atoms with Gasteiger partial charge in [-0.2, -0.15) is 0 Å². The lowest BCUT2D eigenvalue weighted by molar-refractivity contribution is 0.200. The number of rotatable bonds is 6. The molecule has 1 atom stereocenters. The van der Waals surface area contributed by atoms with Gasteiger partial charge in [-0.3, -0.25) is 4.90 Å². The van der Waals surface area contributed by atoms with E-state index in [0.29, 0.717) is 12.1 Å². The predicted molar refractivity (Wildman–Crippen MR) is 125 cm³/mol. The van der Waals surface area contributed by atoms with Crippen LogP contribution < -0.4 is 19.7 Å². The van der Waals surface area contributed by atoms with Crippen LogP contribution in [0.4, 0.5) is 5.69 Å². The number of benzene rings is 2. The minimum atomic E-state index is 0.335. The molecule has 1 saturated heterocycles. The van der Waals surface area contributed by atoms with E-state index in [1.165, 1.54) is 29.7 Å². The van der Waals surface area contributed by atoms with Gasteiger partial charge in [-0.15, -0.1) is 0 Å². The van der Waals surface area contributed by atoms with Crippen LogP contribution in [0.3, 0.4) is 0 Å². The van der Waals surface area contributed by atoms with Gasteiger partial charge in [0.05, 0.1) is 13.2 Å². The van der Waals surface area contributed by atoms with Crippen molar-refractivity contribution in [1.29, 1.82) is 0 Å². The third-order valence-electron chi connectivity index (χ3n) is 7.05. The zero-order valence-electron chi connectivity index (χ0n) is 18.7. The Bertz CT molecular complexity index is 881. The smallest absolute Gasteiger partial charge is 0.163 e. The largest absolute Gasteiger partial charge is 0.493 e. The molecular weight excluding hydrogens is 386 g/mol. The fraction of sp³-hybridized carbons (Fsp3) is 0.538. The second-order valence-corrected chi connectivity index (χ2v) is 9.21. The minimum absolute atomic E-state index is 0.335. The fourth-order valence-electron chi connectivity index (χ4n) is 5.34. The van der Waals surface area contributed by atoms with Crippen molar-refractivity contribution in [2.75, 3.05) is 44.7 Å². The molecule has 5 heteroatoms. The van der Waals surface area contributed by atoms with Crippen LogP contribution >= 0.6 is 0 Å². The molecule has 1 saturated carbocycles. The molecule has 2 fully saturated rings. The van der Waals surface area contributed by atoms with Crippen molar-refractivity contribution >= 4 is 5.69 Å². The molecule has 2 heterocycles. The molecule has 0 spiro atoms. The zero-order chi connectivity index (χ0) is 21.0. The van der Waals surface area contributed by atoms with Crippen LogP contribution in [0.1, 0.15) is 36.8 Å². The maximum atomic E-state index is 6.33. The highest BCUT2D eigenvalue weighted by Gasteiger charge is 2.25. The molecule has 1 N–H and O–H groups in total. The summed E-state index contributed by atoms with van der Waals surface area (Å²) in [6.07, 6.45) is 6.35. The van der Waals surface area contributed by atoms with Crippen molar-refractivity contribution in [3.8, 4) is 11.5 Å². The van der Waals surface area contributed by atoms with Gasteiger partial charge in [0.1, 0.15) is 0 Å². The van der Waals surface area contributed by atoms with Crippen LogP contribution in [0.5, 0.6) is 11.5 Å². The number of methoxy groups -OCH3 is 1. The second-order valence-electron chi connectivity index (χ2n) is 9.21. The number of fused-ring (bicyclic) bond motifs is 1. The minimum Gasteiger partial charge on any atom is -0.493 e. The van der Waals surface area contributed by atoms with E-state index >= 15 is 0 Å². The van der Waals surface area contributed by atoms with Crippen molar-refractivity contribution in [2.45, 2.75) is 50.8 Å². The standard InChI is InChI=1S/C26H35N3O2/c1-30-25-11-10-23(16-26(25)31-24-8-4-5-9-24)29-15-13-27-22(19-29)18-28-14-12-20-6-2-3-7-21(20)17-28/h2-3,6-7,10-11,16,22,24,27H,4-5,8-9,12-15,17-19H2,1H3/t22-/m0/s1. The van der Waals surface area contributed by atoms with E-state index < -0.39 is 0 Å². The van der Waals surface area contributed by atoms with E-state index in [1.807, 2.05) is 0 Å². The van der Waals surface area contributed by atoms with E-state index in [9.17, 15) is 0 Å². The van der Waals surface area contributed by atoms with E-state index in [2.05, 4.69) is 57.6 Å². The molecule has 1 aliphatic carbocycles. The maximum absolute atomic E-state index is 6.33. The summed E-state index contributed by atoms with van der Waals surface area (Å²) in [6.45, 7) is 6.36. The van der Waals surface area contributed by atoms with Crippen molar-refractivity contribution in [3.05, 3.63) is 53.6 Å². The summed E-state index contributed by atoms with van der Waals surface area (Å²) < 4.78 is 11.9. The molecular formula is C26H35N3O2. The first-order valence-corrected chi connectivity index (χ1v) is 11.9. The Morgan fingerprint density at radius 2 is 1.84 bits per heavy atom. The quantitative estimate of drug-likeness (QED) is 0.767. The number of nitrogens with zero attached hydrogens (tertiary/aromatic N) is 2. The first-order valence-electron chi connectivity index (χ1n) is 11.9. The fourth-order valence-corrected chi connectivity index (χ4v) is 5.34. The number of hydrogen-bond donors (Lipinski definition) is 1. The summed E-state index contributed by atoms with van der Waals surface area (Å²) in [4.78, 5) is 5.10. The Morgan fingerprint density at radius 1 is 1.00 bits per heavy atom. The van der Waals surface area contributed by atoms with E-state index in [-0.39, 0.29) is 0 Å². The van der Waals surface area contributed by atoms with Gasteiger partial charge in [-0.05, 0) is 55.4 Å². The number of piperazine rings is 1. The summed E-state index contributed by atoms with van der Waals surface area (Å²) in [5.74, 6) is 1.74. The van der Waals surface area contributed by atoms with E-state index in [0.717, 1.165) is 70.0 Å². The highest BCUT2D eigenvalue weighted by atomic mass is 16.5. The lowest BCUT2D eigenvalue weighted by Crippen LogP contribution is -2.55. The molecule has 0 amide bonds. The summed E-state index contributed by atoms with van der Waals surface area (Å²) in [5, 5.41) is 3.75. The lowest BCUT2D eigenvalue weighted by atomic mass is 9.99. The Kier molecular flexibility index (Phi) is 6.32. The topological polar surface area (TPSA) is 37.0 Å². The van der Waals surface area contributed by atoms with Crippen LogP contribution in [-0.4, -0.2) is 56.9 Å². The van der Waals surface area contributed by atoms with E-state index in [4.69, 9.17) is 9.47 Å². The van der Waals surface area contributed by atoms with Gasteiger partial charge in [0.25, 0.3) is 0 Å². The number of nitrogens with one attached hydrogen (secondary N) is 1. The number of ether oxygens (including phenoxy) is 2. The highest BCUT2D eigenvalue weighted by Crippen LogP contribution is 2.35. The van der Waals surface area contributed by atoms with Crippen LogP contribution in [0.25, 0.3) is 0 Å². The SMILES string of the molecule is COc1ccc(N2CCN[C@@H](CN3CCc4ccccc4C3)C2)cc1OC1CCCC1. The molecule has 0 aromatic heterocycles. The number of anilines is 1.